The van der Waals surface area contributed by atoms with E-state index in [1.807, 2.05) is 12.1 Å². The monoisotopic (exact) mass is 386 g/mol. The van der Waals surface area contributed by atoms with Crippen molar-refractivity contribution in [1.29, 1.82) is 5.26 Å². The van der Waals surface area contributed by atoms with E-state index in [9.17, 15) is 20.0 Å². The van der Waals surface area contributed by atoms with Crippen molar-refractivity contribution < 1.29 is 9.90 Å². The molecule has 7 nitrogen and oxygen atoms in total. The summed E-state index contributed by atoms with van der Waals surface area (Å²) in [6, 6.07) is 17.4. The number of rotatable bonds is 5. The van der Waals surface area contributed by atoms with Crippen molar-refractivity contribution in [1.82, 2.24) is 4.57 Å². The maximum absolute atomic E-state index is 12.8. The van der Waals surface area contributed by atoms with Gasteiger partial charge in [-0.2, -0.15) is 5.26 Å². The zero-order chi connectivity index (χ0) is 21.0. The average Bonchev–Trinajstić information content (AvgIpc) is 2.74. The lowest BCUT2D eigenvalue weighted by Gasteiger charge is -2.11. The zero-order valence-electron chi connectivity index (χ0n) is 16.0. The second kappa shape index (κ2) is 8.31. The molecule has 2 aromatic carbocycles. The molecule has 0 saturated heterocycles. The molecule has 0 radical (unpaired) electrons. The van der Waals surface area contributed by atoms with E-state index in [1.54, 1.807) is 55.5 Å². The maximum atomic E-state index is 12.8. The number of aromatic hydroxyl groups is 1. The molecule has 1 N–H and O–H groups in total. The van der Waals surface area contributed by atoms with Gasteiger partial charge < -0.3 is 5.11 Å². The van der Waals surface area contributed by atoms with Crippen LogP contribution >= 0.6 is 0 Å². The van der Waals surface area contributed by atoms with E-state index in [2.05, 4.69) is 10.2 Å². The number of benzene rings is 2. The van der Waals surface area contributed by atoms with Gasteiger partial charge in [-0.15, -0.1) is 10.2 Å². The van der Waals surface area contributed by atoms with Gasteiger partial charge in [0.25, 0.3) is 5.56 Å². The minimum atomic E-state index is -0.558. The second-order valence-electron chi connectivity index (χ2n) is 6.25. The number of hydrogen-bond acceptors (Lipinski definition) is 6. The largest absolute Gasteiger partial charge is 0.493 e. The highest BCUT2D eigenvalue weighted by Gasteiger charge is 2.19. The third kappa shape index (κ3) is 3.69. The molecule has 29 heavy (non-hydrogen) atoms. The molecular formula is C22H18N4O3. The van der Waals surface area contributed by atoms with E-state index in [0.29, 0.717) is 16.8 Å². The van der Waals surface area contributed by atoms with Crippen molar-refractivity contribution in [3.05, 3.63) is 87.2 Å². The van der Waals surface area contributed by atoms with Crippen molar-refractivity contribution in [2.75, 3.05) is 0 Å². The van der Waals surface area contributed by atoms with Crippen LogP contribution in [0.25, 0.3) is 0 Å². The number of hydrogen-bond donors (Lipinski definition) is 1. The minimum Gasteiger partial charge on any atom is -0.493 e. The zero-order valence-corrected chi connectivity index (χ0v) is 16.0. The van der Waals surface area contributed by atoms with Crippen molar-refractivity contribution in [2.45, 2.75) is 20.4 Å². The number of pyridine rings is 1. The predicted octanol–water partition coefficient (Wildman–Crippen LogP) is 4.40. The summed E-state index contributed by atoms with van der Waals surface area (Å²) < 4.78 is 1.06. The van der Waals surface area contributed by atoms with Gasteiger partial charge in [0.15, 0.2) is 11.5 Å². The van der Waals surface area contributed by atoms with Crippen LogP contribution < -0.4 is 5.56 Å². The van der Waals surface area contributed by atoms with Gasteiger partial charge in [-0.05, 0) is 26.0 Å². The Morgan fingerprint density at radius 2 is 1.76 bits per heavy atom. The smallest absolute Gasteiger partial charge is 0.281 e. The van der Waals surface area contributed by atoms with Crippen molar-refractivity contribution >= 4 is 17.2 Å². The van der Waals surface area contributed by atoms with Gasteiger partial charge in [0, 0.05) is 17.7 Å². The maximum Gasteiger partial charge on any atom is 0.281 e. The van der Waals surface area contributed by atoms with Crippen LogP contribution in [0, 0.1) is 18.3 Å². The fraction of sp³-hybridized carbons (Fsp3) is 0.136. The van der Waals surface area contributed by atoms with Crippen LogP contribution in [0.1, 0.15) is 34.0 Å². The number of azo groups is 1. The van der Waals surface area contributed by atoms with Crippen molar-refractivity contribution in [2.24, 2.45) is 10.2 Å². The Morgan fingerprint density at radius 3 is 2.41 bits per heavy atom. The third-order valence-electron chi connectivity index (χ3n) is 4.53. The van der Waals surface area contributed by atoms with Gasteiger partial charge in [0.1, 0.15) is 11.6 Å². The van der Waals surface area contributed by atoms with Gasteiger partial charge in [-0.25, -0.2) is 0 Å². The second-order valence-corrected chi connectivity index (χ2v) is 6.25. The lowest BCUT2D eigenvalue weighted by atomic mass is 10.0. The first-order valence-corrected chi connectivity index (χ1v) is 8.96. The van der Waals surface area contributed by atoms with Gasteiger partial charge in [0.2, 0.25) is 5.88 Å². The highest BCUT2D eigenvalue weighted by Crippen LogP contribution is 2.28. The number of nitrogens with zero attached hydrogens (tertiary/aromatic N) is 4. The van der Waals surface area contributed by atoms with Gasteiger partial charge in [0.05, 0.1) is 11.3 Å². The summed E-state index contributed by atoms with van der Waals surface area (Å²) in [4.78, 5) is 25.5. The topological polar surface area (TPSA) is 108 Å². The van der Waals surface area contributed by atoms with Crippen LogP contribution in [0.15, 0.2) is 69.6 Å². The molecule has 144 valence electrons. The number of ketones is 1. The lowest BCUT2D eigenvalue weighted by molar-refractivity contribution is 0.103. The van der Waals surface area contributed by atoms with Crippen LogP contribution in [-0.2, 0) is 6.54 Å². The first-order chi connectivity index (χ1) is 14.0. The van der Waals surface area contributed by atoms with E-state index in [4.69, 9.17) is 0 Å². The Hall–Kier alpha value is -4.05. The minimum absolute atomic E-state index is 0.0333. The Kier molecular flexibility index (Phi) is 5.65. The number of carbonyl (C=O) groups is 1. The van der Waals surface area contributed by atoms with E-state index in [1.165, 1.54) is 6.92 Å². The molecule has 0 spiro atoms. The van der Waals surface area contributed by atoms with Crippen molar-refractivity contribution in [3.63, 3.8) is 0 Å². The summed E-state index contributed by atoms with van der Waals surface area (Å²) >= 11 is 0. The average molecular weight is 386 g/mol. The van der Waals surface area contributed by atoms with Gasteiger partial charge >= 0.3 is 0 Å². The predicted molar refractivity (Wildman–Crippen MR) is 108 cm³/mol. The number of carbonyl (C=O) groups excluding carboxylic acids is 1. The van der Waals surface area contributed by atoms with E-state index >= 15 is 0 Å². The van der Waals surface area contributed by atoms with Crippen LogP contribution in [0.3, 0.4) is 0 Å². The SMILES string of the molecule is CCn1c(O)c(C#N)c(C)c(N=Nc2ccccc2C(=O)c2ccccc2)c1=O. The molecule has 0 bridgehead atoms. The van der Waals surface area contributed by atoms with E-state index < -0.39 is 11.4 Å². The number of aromatic nitrogens is 1. The summed E-state index contributed by atoms with van der Waals surface area (Å²) in [5.74, 6) is -0.609. The summed E-state index contributed by atoms with van der Waals surface area (Å²) in [7, 11) is 0. The normalized spacial score (nSPS) is 10.8. The summed E-state index contributed by atoms with van der Waals surface area (Å²) in [6.45, 7) is 3.37. The molecule has 0 unspecified atom stereocenters. The quantitative estimate of drug-likeness (QED) is 0.518. The standard InChI is InChI=1S/C22H18N4O3/c1-3-26-21(28)17(13-23)14(2)19(22(26)29)25-24-18-12-8-7-11-16(18)20(27)15-9-5-4-6-10-15/h4-12,28H,3H2,1-2H3. The molecule has 0 fully saturated rings. The lowest BCUT2D eigenvalue weighted by Crippen LogP contribution is -2.20. The Morgan fingerprint density at radius 1 is 1.10 bits per heavy atom. The molecule has 0 aliphatic carbocycles. The fourth-order valence-electron chi connectivity index (χ4n) is 2.95. The molecule has 3 aromatic rings. The summed E-state index contributed by atoms with van der Waals surface area (Å²) in [5, 5.41) is 27.6. The Labute approximate surface area is 167 Å². The van der Waals surface area contributed by atoms with Crippen LogP contribution in [0.2, 0.25) is 0 Å². The van der Waals surface area contributed by atoms with Crippen LogP contribution in [0.4, 0.5) is 11.4 Å². The summed E-state index contributed by atoms with van der Waals surface area (Å²) in [6.07, 6.45) is 0. The first kappa shape index (κ1) is 19.7. The third-order valence-corrected chi connectivity index (χ3v) is 4.53. The van der Waals surface area contributed by atoms with Crippen molar-refractivity contribution in [3.8, 4) is 11.9 Å². The molecule has 0 atom stereocenters. The van der Waals surface area contributed by atoms with Crippen LogP contribution in [-0.4, -0.2) is 15.5 Å². The molecule has 1 aromatic heterocycles. The van der Waals surface area contributed by atoms with Gasteiger partial charge in [-0.3, -0.25) is 14.2 Å². The fourth-order valence-corrected chi connectivity index (χ4v) is 2.95. The molecular weight excluding hydrogens is 368 g/mol. The molecule has 0 aliphatic heterocycles. The molecule has 1 heterocycles. The first-order valence-electron chi connectivity index (χ1n) is 8.96. The Bertz CT molecular complexity index is 1210. The van der Waals surface area contributed by atoms with Crippen LogP contribution in [0.5, 0.6) is 5.88 Å². The molecule has 0 aliphatic rings. The molecule has 0 saturated carbocycles. The summed E-state index contributed by atoms with van der Waals surface area (Å²) in [5.41, 5.74) is 0.741. The van der Waals surface area contributed by atoms with E-state index in [-0.39, 0.29) is 29.1 Å². The molecule has 3 rings (SSSR count). The number of nitriles is 1. The molecule has 0 amide bonds. The molecule has 7 heteroatoms. The highest BCUT2D eigenvalue weighted by atomic mass is 16.3. The van der Waals surface area contributed by atoms with Gasteiger partial charge in [-0.1, -0.05) is 42.5 Å². The van der Waals surface area contributed by atoms with E-state index in [0.717, 1.165) is 4.57 Å². The highest BCUT2D eigenvalue weighted by molar-refractivity contribution is 6.11. The Balaban J connectivity index is 2.10.